The van der Waals surface area contributed by atoms with Crippen molar-refractivity contribution in [3.05, 3.63) is 70.8 Å². The molecule has 0 saturated carbocycles. The van der Waals surface area contributed by atoms with Crippen molar-refractivity contribution in [2.45, 2.75) is 20.5 Å². The van der Waals surface area contributed by atoms with E-state index in [0.29, 0.717) is 12.1 Å². The molecule has 0 saturated heterocycles. The summed E-state index contributed by atoms with van der Waals surface area (Å²) in [5, 5.41) is 12.5. The molecule has 5 nitrogen and oxygen atoms in total. The summed E-state index contributed by atoms with van der Waals surface area (Å²) in [7, 11) is 0. The van der Waals surface area contributed by atoms with Crippen LogP contribution < -0.4 is 5.32 Å². The van der Waals surface area contributed by atoms with E-state index in [1.165, 1.54) is 13.0 Å². The van der Waals surface area contributed by atoms with E-state index in [2.05, 4.69) is 5.32 Å². The molecule has 0 heterocycles. The molecule has 2 rings (SSSR count). The lowest BCUT2D eigenvalue weighted by Gasteiger charge is -2.07. The number of hydrogen-bond acceptors (Lipinski definition) is 4. The predicted molar refractivity (Wildman–Crippen MR) is 96.5 cm³/mol. The Morgan fingerprint density at radius 1 is 1.20 bits per heavy atom. The molecule has 2 N–H and O–H groups in total. The van der Waals surface area contributed by atoms with Crippen molar-refractivity contribution in [3.63, 3.8) is 0 Å². The van der Waals surface area contributed by atoms with Gasteiger partial charge in [-0.25, -0.2) is 4.79 Å². The maximum absolute atomic E-state index is 11.6. The molecule has 0 aliphatic heterocycles. The first-order valence-electron chi connectivity index (χ1n) is 7.93. The SMILES string of the molecule is CC(=O)c1cc(C)c(C=CCNC(=O)OCc2ccccc2)cc1O. The van der Waals surface area contributed by atoms with Gasteiger partial charge >= 0.3 is 6.09 Å². The Hall–Kier alpha value is -3.08. The number of rotatable bonds is 6. The second-order valence-corrected chi connectivity index (χ2v) is 5.63. The maximum Gasteiger partial charge on any atom is 0.407 e. The zero-order valence-corrected chi connectivity index (χ0v) is 14.3. The molecule has 2 aromatic carbocycles. The van der Waals surface area contributed by atoms with Crippen molar-refractivity contribution in [1.29, 1.82) is 0 Å². The van der Waals surface area contributed by atoms with Gasteiger partial charge in [-0.1, -0.05) is 42.5 Å². The van der Waals surface area contributed by atoms with Crippen LogP contribution in [0.3, 0.4) is 0 Å². The number of alkyl carbamates (subject to hydrolysis) is 1. The van der Waals surface area contributed by atoms with E-state index in [9.17, 15) is 14.7 Å². The number of amides is 1. The Bertz CT molecular complexity index is 782. The quantitative estimate of drug-likeness (QED) is 0.784. The number of Topliss-reactive ketones (excluding diaryl/α,β-unsaturated/α-hetero) is 1. The molecule has 1 amide bonds. The van der Waals surface area contributed by atoms with Crippen LogP contribution in [0.4, 0.5) is 4.79 Å². The fraction of sp³-hybridized carbons (Fsp3) is 0.200. The topological polar surface area (TPSA) is 75.6 Å². The van der Waals surface area contributed by atoms with E-state index in [-0.39, 0.29) is 18.1 Å². The number of hydrogen-bond donors (Lipinski definition) is 2. The lowest BCUT2D eigenvalue weighted by molar-refractivity contribution is 0.101. The van der Waals surface area contributed by atoms with Gasteiger partial charge < -0.3 is 15.2 Å². The van der Waals surface area contributed by atoms with Crippen LogP contribution in [-0.2, 0) is 11.3 Å². The lowest BCUT2D eigenvalue weighted by Crippen LogP contribution is -2.24. The number of benzene rings is 2. The zero-order chi connectivity index (χ0) is 18.2. The van der Waals surface area contributed by atoms with Crippen LogP contribution in [0.25, 0.3) is 6.08 Å². The van der Waals surface area contributed by atoms with E-state index in [0.717, 1.165) is 16.7 Å². The summed E-state index contributed by atoms with van der Waals surface area (Å²) < 4.78 is 5.10. The Morgan fingerprint density at radius 3 is 2.60 bits per heavy atom. The van der Waals surface area contributed by atoms with Gasteiger partial charge in [0.05, 0.1) is 5.56 Å². The van der Waals surface area contributed by atoms with E-state index in [4.69, 9.17) is 4.74 Å². The molecular weight excluding hydrogens is 318 g/mol. The number of phenolic OH excluding ortho intramolecular Hbond substituents is 1. The van der Waals surface area contributed by atoms with Gasteiger partial charge in [-0.3, -0.25) is 4.79 Å². The van der Waals surface area contributed by atoms with Crippen molar-refractivity contribution in [2.75, 3.05) is 6.54 Å². The number of carbonyl (C=O) groups is 2. The Labute approximate surface area is 146 Å². The Kier molecular flexibility index (Phi) is 6.34. The second kappa shape index (κ2) is 8.68. The highest BCUT2D eigenvalue weighted by Gasteiger charge is 2.08. The van der Waals surface area contributed by atoms with Gasteiger partial charge in [-0.15, -0.1) is 0 Å². The van der Waals surface area contributed by atoms with Gasteiger partial charge in [-0.05, 0) is 42.7 Å². The third-order valence-corrected chi connectivity index (χ3v) is 3.64. The highest BCUT2D eigenvalue weighted by atomic mass is 16.5. The normalized spacial score (nSPS) is 10.6. The van der Waals surface area contributed by atoms with Crippen LogP contribution in [0, 0.1) is 6.92 Å². The monoisotopic (exact) mass is 339 g/mol. The molecule has 0 atom stereocenters. The summed E-state index contributed by atoms with van der Waals surface area (Å²) in [6.45, 7) is 3.78. The Morgan fingerprint density at radius 2 is 1.92 bits per heavy atom. The van der Waals surface area contributed by atoms with Gasteiger partial charge in [0.2, 0.25) is 0 Å². The van der Waals surface area contributed by atoms with E-state index < -0.39 is 6.09 Å². The summed E-state index contributed by atoms with van der Waals surface area (Å²) in [6, 6.07) is 12.6. The average Bonchev–Trinajstić information content (AvgIpc) is 2.60. The summed E-state index contributed by atoms with van der Waals surface area (Å²) in [4.78, 5) is 23.0. The Balaban J connectivity index is 1.84. The minimum Gasteiger partial charge on any atom is -0.507 e. The van der Waals surface area contributed by atoms with Crippen LogP contribution in [0.15, 0.2) is 48.5 Å². The number of aromatic hydroxyl groups is 1. The van der Waals surface area contributed by atoms with E-state index in [1.54, 1.807) is 18.2 Å². The van der Waals surface area contributed by atoms with Gasteiger partial charge in [0.25, 0.3) is 0 Å². The molecule has 5 heteroatoms. The summed E-state index contributed by atoms with van der Waals surface area (Å²) in [6.07, 6.45) is 3.02. The van der Waals surface area contributed by atoms with Gasteiger partial charge in [-0.2, -0.15) is 0 Å². The molecule has 0 fully saturated rings. The second-order valence-electron chi connectivity index (χ2n) is 5.63. The molecule has 0 radical (unpaired) electrons. The highest BCUT2D eigenvalue weighted by molar-refractivity contribution is 5.97. The first-order valence-corrected chi connectivity index (χ1v) is 7.93. The van der Waals surface area contributed by atoms with Crippen LogP contribution in [0.1, 0.15) is 34.0 Å². The van der Waals surface area contributed by atoms with Gasteiger partial charge in [0.15, 0.2) is 5.78 Å². The third kappa shape index (κ3) is 5.49. The number of ether oxygens (including phenoxy) is 1. The molecule has 2 aromatic rings. The van der Waals surface area contributed by atoms with Gasteiger partial charge in [0.1, 0.15) is 12.4 Å². The van der Waals surface area contributed by atoms with Crippen molar-refractivity contribution in [2.24, 2.45) is 0 Å². The number of ketones is 1. The number of carbonyl (C=O) groups excluding carboxylic acids is 2. The molecule has 130 valence electrons. The number of nitrogens with one attached hydrogen (secondary N) is 1. The number of phenols is 1. The van der Waals surface area contributed by atoms with Crippen LogP contribution in [-0.4, -0.2) is 23.5 Å². The minimum atomic E-state index is -0.500. The first-order chi connectivity index (χ1) is 12.0. The summed E-state index contributed by atoms with van der Waals surface area (Å²) in [5.74, 6) is -0.230. The standard InChI is InChI=1S/C20H21NO4/c1-14-11-18(15(2)22)19(23)12-17(14)9-6-10-21-20(24)25-13-16-7-4-3-5-8-16/h3-9,11-12,23H,10,13H2,1-2H3,(H,21,24). The number of aryl methyl sites for hydroxylation is 1. The van der Waals surface area contributed by atoms with E-state index in [1.807, 2.05) is 37.3 Å². The van der Waals surface area contributed by atoms with Crippen molar-refractivity contribution < 1.29 is 19.4 Å². The minimum absolute atomic E-state index is 0.0482. The predicted octanol–water partition coefficient (Wildman–Crippen LogP) is 3.84. The van der Waals surface area contributed by atoms with Crippen molar-refractivity contribution >= 4 is 18.0 Å². The molecular formula is C20H21NO4. The lowest BCUT2D eigenvalue weighted by atomic mass is 10.0. The van der Waals surface area contributed by atoms with E-state index >= 15 is 0 Å². The largest absolute Gasteiger partial charge is 0.507 e. The molecule has 25 heavy (non-hydrogen) atoms. The summed E-state index contributed by atoms with van der Waals surface area (Å²) in [5.41, 5.74) is 2.87. The molecule has 0 spiro atoms. The third-order valence-electron chi connectivity index (χ3n) is 3.64. The van der Waals surface area contributed by atoms with Crippen LogP contribution >= 0.6 is 0 Å². The smallest absolute Gasteiger partial charge is 0.407 e. The van der Waals surface area contributed by atoms with Crippen molar-refractivity contribution in [3.8, 4) is 5.75 Å². The highest BCUT2D eigenvalue weighted by Crippen LogP contribution is 2.23. The molecule has 0 unspecified atom stereocenters. The fourth-order valence-corrected chi connectivity index (χ4v) is 2.28. The van der Waals surface area contributed by atoms with Crippen LogP contribution in [0.2, 0.25) is 0 Å². The molecule has 0 aliphatic rings. The molecule has 0 bridgehead atoms. The molecule has 0 aliphatic carbocycles. The fourth-order valence-electron chi connectivity index (χ4n) is 2.28. The van der Waals surface area contributed by atoms with Crippen molar-refractivity contribution in [1.82, 2.24) is 5.32 Å². The van der Waals surface area contributed by atoms with Gasteiger partial charge in [0, 0.05) is 6.54 Å². The zero-order valence-electron chi connectivity index (χ0n) is 14.3. The van der Waals surface area contributed by atoms with Crippen LogP contribution in [0.5, 0.6) is 5.75 Å². The summed E-state index contributed by atoms with van der Waals surface area (Å²) >= 11 is 0. The average molecular weight is 339 g/mol. The first kappa shape index (κ1) is 18.3. The molecule has 0 aromatic heterocycles. The maximum atomic E-state index is 11.6.